The maximum Gasteiger partial charge on any atom is 0.109 e. The Hall–Kier alpha value is -1.39. The second-order valence-corrected chi connectivity index (χ2v) is 5.01. The van der Waals surface area contributed by atoms with Crippen molar-refractivity contribution in [3.05, 3.63) is 29.6 Å². The third kappa shape index (κ3) is 3.38. The van der Waals surface area contributed by atoms with Crippen molar-refractivity contribution in [1.82, 2.24) is 9.55 Å². The topological polar surface area (TPSA) is 53.1 Å². The van der Waals surface area contributed by atoms with Crippen LogP contribution >= 0.6 is 0 Å². The van der Waals surface area contributed by atoms with Gasteiger partial charge in [-0.15, -0.1) is 0 Å². The van der Waals surface area contributed by atoms with Crippen LogP contribution in [0.25, 0.3) is 11.0 Å². The van der Waals surface area contributed by atoms with E-state index in [1.165, 1.54) is 5.52 Å². The predicted molar refractivity (Wildman–Crippen MR) is 82.7 cm³/mol. The molecule has 2 aromatic rings. The number of hydrogen-bond donors (Lipinski definition) is 1. The van der Waals surface area contributed by atoms with Gasteiger partial charge in [0.05, 0.1) is 11.0 Å². The number of fused-ring (bicyclic) bond motifs is 1. The number of ether oxygens (including phenoxy) is 1. The Morgan fingerprint density at radius 3 is 2.85 bits per heavy atom. The molecule has 110 valence electrons. The molecule has 0 bridgehead atoms. The minimum Gasteiger partial charge on any atom is -0.382 e. The molecule has 0 spiro atoms. The molecule has 1 aromatic heterocycles. The molecule has 20 heavy (non-hydrogen) atoms. The number of aryl methyl sites for hydroxylation is 2. The smallest absolute Gasteiger partial charge is 0.109 e. The molecule has 4 heteroatoms. The third-order valence-corrected chi connectivity index (χ3v) is 3.47. The van der Waals surface area contributed by atoms with E-state index in [1.54, 1.807) is 0 Å². The van der Waals surface area contributed by atoms with Crippen molar-refractivity contribution in [3.8, 4) is 0 Å². The number of aromatic nitrogens is 2. The second kappa shape index (κ2) is 7.41. The number of nitrogens with zero attached hydrogens (tertiary/aromatic N) is 2. The van der Waals surface area contributed by atoms with E-state index in [-0.39, 0.29) is 0 Å². The molecule has 0 atom stereocenters. The molecule has 0 aliphatic carbocycles. The Bertz CT molecular complexity index is 548. The first kappa shape index (κ1) is 15.0. The van der Waals surface area contributed by atoms with Crippen LogP contribution in [0.4, 0.5) is 0 Å². The standard InChI is InChI=1S/C16H25N3O/c1-3-9-19-15-8-7-13(12-17)11-14(15)18-16(19)6-5-10-20-4-2/h7-8,11H,3-6,9-10,12,17H2,1-2H3. The van der Waals surface area contributed by atoms with Gasteiger partial charge in [-0.25, -0.2) is 4.98 Å². The molecule has 4 nitrogen and oxygen atoms in total. The summed E-state index contributed by atoms with van der Waals surface area (Å²) >= 11 is 0. The van der Waals surface area contributed by atoms with Crippen molar-refractivity contribution in [3.63, 3.8) is 0 Å². The van der Waals surface area contributed by atoms with Gasteiger partial charge in [-0.2, -0.15) is 0 Å². The Morgan fingerprint density at radius 1 is 1.30 bits per heavy atom. The molecule has 0 fully saturated rings. The molecule has 1 aromatic carbocycles. The fraction of sp³-hybridized carbons (Fsp3) is 0.562. The van der Waals surface area contributed by atoms with Crippen LogP contribution in [0.1, 0.15) is 38.1 Å². The van der Waals surface area contributed by atoms with E-state index in [4.69, 9.17) is 15.5 Å². The summed E-state index contributed by atoms with van der Waals surface area (Å²) in [6, 6.07) is 6.35. The molecular formula is C16H25N3O. The highest BCUT2D eigenvalue weighted by molar-refractivity contribution is 5.77. The quantitative estimate of drug-likeness (QED) is 0.754. The highest BCUT2D eigenvalue weighted by atomic mass is 16.5. The summed E-state index contributed by atoms with van der Waals surface area (Å²) in [6.45, 7) is 7.40. The Morgan fingerprint density at radius 2 is 2.15 bits per heavy atom. The highest BCUT2D eigenvalue weighted by Gasteiger charge is 2.10. The first-order valence-corrected chi connectivity index (χ1v) is 7.56. The lowest BCUT2D eigenvalue weighted by Gasteiger charge is -2.08. The van der Waals surface area contributed by atoms with E-state index in [9.17, 15) is 0 Å². The number of hydrogen-bond acceptors (Lipinski definition) is 3. The van der Waals surface area contributed by atoms with Crippen molar-refractivity contribution < 1.29 is 4.74 Å². The zero-order valence-electron chi connectivity index (χ0n) is 12.6. The fourth-order valence-electron chi connectivity index (χ4n) is 2.49. The largest absolute Gasteiger partial charge is 0.382 e. The minimum absolute atomic E-state index is 0.566. The first-order valence-electron chi connectivity index (χ1n) is 7.56. The first-order chi connectivity index (χ1) is 9.80. The zero-order valence-corrected chi connectivity index (χ0v) is 12.6. The Kier molecular flexibility index (Phi) is 5.56. The molecule has 0 saturated heterocycles. The molecule has 0 saturated carbocycles. The van der Waals surface area contributed by atoms with Crippen molar-refractivity contribution in [1.29, 1.82) is 0 Å². The summed E-state index contributed by atoms with van der Waals surface area (Å²) in [4.78, 5) is 4.79. The Balaban J connectivity index is 2.24. The monoisotopic (exact) mass is 275 g/mol. The van der Waals surface area contributed by atoms with Gasteiger partial charge in [-0.3, -0.25) is 0 Å². The Labute approximate surface area is 120 Å². The average molecular weight is 275 g/mol. The van der Waals surface area contributed by atoms with Crippen molar-refractivity contribution in [2.75, 3.05) is 13.2 Å². The second-order valence-electron chi connectivity index (χ2n) is 5.01. The van der Waals surface area contributed by atoms with Crippen LogP contribution in [-0.4, -0.2) is 22.8 Å². The van der Waals surface area contributed by atoms with E-state index < -0.39 is 0 Å². The average Bonchev–Trinajstić information content (AvgIpc) is 2.81. The van der Waals surface area contributed by atoms with Crippen LogP contribution in [0.5, 0.6) is 0 Å². The van der Waals surface area contributed by atoms with Crippen LogP contribution in [-0.2, 0) is 24.2 Å². The number of nitrogens with two attached hydrogens (primary N) is 1. The van der Waals surface area contributed by atoms with Gasteiger partial charge >= 0.3 is 0 Å². The van der Waals surface area contributed by atoms with Gasteiger partial charge in [-0.05, 0) is 37.5 Å². The predicted octanol–water partition coefficient (Wildman–Crippen LogP) is 2.87. The highest BCUT2D eigenvalue weighted by Crippen LogP contribution is 2.19. The molecule has 0 unspecified atom stereocenters. The summed E-state index contributed by atoms with van der Waals surface area (Å²) in [5.41, 5.74) is 9.13. The molecule has 2 N–H and O–H groups in total. The minimum atomic E-state index is 0.566. The van der Waals surface area contributed by atoms with Gasteiger partial charge in [0.15, 0.2) is 0 Å². The summed E-state index contributed by atoms with van der Waals surface area (Å²) in [7, 11) is 0. The van der Waals surface area contributed by atoms with Crippen LogP contribution in [0.2, 0.25) is 0 Å². The molecule has 0 amide bonds. The maximum absolute atomic E-state index is 5.71. The third-order valence-electron chi connectivity index (χ3n) is 3.47. The van der Waals surface area contributed by atoms with Gasteiger partial charge < -0.3 is 15.0 Å². The lowest BCUT2D eigenvalue weighted by Crippen LogP contribution is -2.05. The lowest BCUT2D eigenvalue weighted by molar-refractivity contribution is 0.144. The van der Waals surface area contributed by atoms with Crippen LogP contribution < -0.4 is 5.73 Å². The van der Waals surface area contributed by atoms with E-state index >= 15 is 0 Å². The van der Waals surface area contributed by atoms with E-state index in [1.807, 2.05) is 6.92 Å². The van der Waals surface area contributed by atoms with Gasteiger partial charge in [0.1, 0.15) is 5.82 Å². The lowest BCUT2D eigenvalue weighted by atomic mass is 10.2. The molecule has 0 radical (unpaired) electrons. The van der Waals surface area contributed by atoms with E-state index in [2.05, 4.69) is 29.7 Å². The molecule has 0 aliphatic heterocycles. The number of imidazole rings is 1. The normalized spacial score (nSPS) is 11.3. The van der Waals surface area contributed by atoms with Crippen LogP contribution in [0, 0.1) is 0 Å². The van der Waals surface area contributed by atoms with Crippen molar-refractivity contribution in [2.24, 2.45) is 5.73 Å². The summed E-state index contributed by atoms with van der Waals surface area (Å²) in [5, 5.41) is 0. The summed E-state index contributed by atoms with van der Waals surface area (Å²) in [5.74, 6) is 1.16. The number of rotatable bonds is 8. The molecular weight excluding hydrogens is 250 g/mol. The van der Waals surface area contributed by atoms with Crippen molar-refractivity contribution >= 4 is 11.0 Å². The fourth-order valence-corrected chi connectivity index (χ4v) is 2.49. The van der Waals surface area contributed by atoms with Gasteiger partial charge in [0.25, 0.3) is 0 Å². The SMILES string of the molecule is CCCn1c(CCCOCC)nc2cc(CN)ccc21. The van der Waals surface area contributed by atoms with Crippen LogP contribution in [0.15, 0.2) is 18.2 Å². The molecule has 2 rings (SSSR count). The van der Waals surface area contributed by atoms with Crippen molar-refractivity contribution in [2.45, 2.75) is 46.2 Å². The summed E-state index contributed by atoms with van der Waals surface area (Å²) < 4.78 is 7.75. The summed E-state index contributed by atoms with van der Waals surface area (Å²) in [6.07, 6.45) is 3.10. The van der Waals surface area contributed by atoms with Gasteiger partial charge in [0.2, 0.25) is 0 Å². The van der Waals surface area contributed by atoms with E-state index in [0.717, 1.165) is 55.9 Å². The van der Waals surface area contributed by atoms with Gasteiger partial charge in [0, 0.05) is 32.7 Å². The zero-order chi connectivity index (χ0) is 14.4. The molecule has 1 heterocycles. The van der Waals surface area contributed by atoms with Crippen LogP contribution in [0.3, 0.4) is 0 Å². The number of benzene rings is 1. The maximum atomic E-state index is 5.71. The molecule has 0 aliphatic rings. The van der Waals surface area contributed by atoms with Gasteiger partial charge in [-0.1, -0.05) is 13.0 Å². The van der Waals surface area contributed by atoms with E-state index in [0.29, 0.717) is 6.54 Å².